The quantitative estimate of drug-likeness (QED) is 0.634. The number of hydrogen-bond donors (Lipinski definition) is 1. The van der Waals surface area contributed by atoms with E-state index in [2.05, 4.69) is 11.9 Å². The first-order chi connectivity index (χ1) is 7.65. The van der Waals surface area contributed by atoms with Gasteiger partial charge in [-0.2, -0.15) is 0 Å². The third kappa shape index (κ3) is 3.59. The van der Waals surface area contributed by atoms with Crippen molar-refractivity contribution in [1.82, 2.24) is 0 Å². The normalized spacial score (nSPS) is 11.6. The molecule has 0 radical (unpaired) electrons. The number of alkyl halides is 1. The largest absolute Gasteiger partial charge is 0.487 e. The van der Waals surface area contributed by atoms with Gasteiger partial charge in [0.15, 0.2) is 0 Å². The fourth-order valence-electron chi connectivity index (χ4n) is 1.08. The summed E-state index contributed by atoms with van der Waals surface area (Å²) in [5, 5.41) is 2.11. The molecule has 1 N–H and O–H groups in total. The summed E-state index contributed by atoms with van der Waals surface area (Å²) in [5.41, 5.74) is 0.613. The van der Waals surface area contributed by atoms with E-state index in [1.807, 2.05) is 12.1 Å². The summed E-state index contributed by atoms with van der Waals surface area (Å²) in [7, 11) is 0. The number of nitrogens with one attached hydrogen (secondary N) is 1. The minimum Gasteiger partial charge on any atom is -0.487 e. The van der Waals surface area contributed by atoms with Crippen LogP contribution in [0.4, 0.5) is 5.69 Å². The second kappa shape index (κ2) is 6.18. The molecule has 1 rings (SSSR count). The van der Waals surface area contributed by atoms with Crippen molar-refractivity contribution in [2.75, 3.05) is 11.9 Å². The monoisotopic (exact) mass is 239 g/mol. The average molecular weight is 240 g/mol. The summed E-state index contributed by atoms with van der Waals surface area (Å²) in [5.74, 6) is 0.351. The Labute approximate surface area is 100 Å². The molecule has 0 aliphatic carbocycles. The fourth-order valence-corrected chi connectivity index (χ4v) is 1.13. The maximum atomic E-state index is 11.4. The zero-order valence-electron chi connectivity index (χ0n) is 9.07. The van der Waals surface area contributed by atoms with Crippen LogP contribution < -0.4 is 10.1 Å². The van der Waals surface area contributed by atoms with Crippen molar-refractivity contribution in [3.05, 3.63) is 36.9 Å². The molecule has 16 heavy (non-hydrogen) atoms. The average Bonchev–Trinajstić information content (AvgIpc) is 2.27. The van der Waals surface area contributed by atoms with Crippen LogP contribution >= 0.6 is 11.6 Å². The lowest BCUT2D eigenvalue weighted by atomic mass is 10.3. The molecule has 0 saturated heterocycles. The van der Waals surface area contributed by atoms with E-state index in [1.54, 1.807) is 25.1 Å². The van der Waals surface area contributed by atoms with Crippen molar-refractivity contribution in [3.8, 4) is 5.75 Å². The van der Waals surface area contributed by atoms with Crippen LogP contribution in [-0.4, -0.2) is 17.9 Å². The Balaban J connectivity index is 2.78. The molecular weight excluding hydrogens is 226 g/mol. The summed E-state index contributed by atoms with van der Waals surface area (Å²) in [6.45, 7) is 5.57. The lowest BCUT2D eigenvalue weighted by Gasteiger charge is -2.11. The van der Waals surface area contributed by atoms with Gasteiger partial charge in [-0.15, -0.1) is 11.6 Å². The van der Waals surface area contributed by atoms with Crippen LogP contribution in [0.25, 0.3) is 0 Å². The van der Waals surface area contributed by atoms with Crippen LogP contribution in [0.2, 0.25) is 0 Å². The van der Waals surface area contributed by atoms with Gasteiger partial charge in [-0.3, -0.25) is 4.79 Å². The van der Waals surface area contributed by atoms with Crippen molar-refractivity contribution in [1.29, 1.82) is 0 Å². The molecule has 0 fully saturated rings. The predicted molar refractivity (Wildman–Crippen MR) is 66.1 cm³/mol. The topological polar surface area (TPSA) is 38.3 Å². The van der Waals surface area contributed by atoms with Gasteiger partial charge in [0.2, 0.25) is 5.91 Å². The maximum Gasteiger partial charge on any atom is 0.242 e. The number of halogens is 1. The van der Waals surface area contributed by atoms with Crippen LogP contribution in [-0.2, 0) is 4.79 Å². The fraction of sp³-hybridized carbons (Fsp3) is 0.250. The number of amides is 1. The van der Waals surface area contributed by atoms with E-state index in [0.717, 1.165) is 0 Å². The molecule has 1 aromatic rings. The molecule has 0 heterocycles. The van der Waals surface area contributed by atoms with Gasteiger partial charge in [0, 0.05) is 0 Å². The number of carbonyl (C=O) groups is 1. The third-order valence-electron chi connectivity index (χ3n) is 1.86. The van der Waals surface area contributed by atoms with E-state index in [4.69, 9.17) is 16.3 Å². The van der Waals surface area contributed by atoms with E-state index in [9.17, 15) is 4.79 Å². The Morgan fingerprint density at radius 3 is 2.94 bits per heavy atom. The van der Waals surface area contributed by atoms with Gasteiger partial charge < -0.3 is 10.1 Å². The molecule has 0 aromatic heterocycles. The zero-order valence-corrected chi connectivity index (χ0v) is 9.83. The van der Waals surface area contributed by atoms with Gasteiger partial charge in [0.25, 0.3) is 0 Å². The van der Waals surface area contributed by atoms with Crippen molar-refractivity contribution in [2.24, 2.45) is 0 Å². The first-order valence-electron chi connectivity index (χ1n) is 4.93. The minimum atomic E-state index is -0.576. The summed E-state index contributed by atoms with van der Waals surface area (Å²) < 4.78 is 5.39. The van der Waals surface area contributed by atoms with Crippen LogP contribution in [0, 0.1) is 0 Å². The van der Waals surface area contributed by atoms with Gasteiger partial charge >= 0.3 is 0 Å². The van der Waals surface area contributed by atoms with Gasteiger partial charge in [0.1, 0.15) is 17.7 Å². The van der Waals surface area contributed by atoms with Gasteiger partial charge in [0.05, 0.1) is 5.69 Å². The van der Waals surface area contributed by atoms with E-state index in [1.165, 1.54) is 0 Å². The molecule has 0 aliphatic rings. The van der Waals surface area contributed by atoms with Gasteiger partial charge in [-0.25, -0.2) is 0 Å². The Morgan fingerprint density at radius 2 is 2.31 bits per heavy atom. The number of benzene rings is 1. The van der Waals surface area contributed by atoms with Crippen LogP contribution in [0.1, 0.15) is 6.92 Å². The maximum absolute atomic E-state index is 11.4. The smallest absolute Gasteiger partial charge is 0.242 e. The van der Waals surface area contributed by atoms with Crippen molar-refractivity contribution < 1.29 is 9.53 Å². The second-order valence-electron chi connectivity index (χ2n) is 3.20. The molecule has 1 atom stereocenters. The molecule has 0 spiro atoms. The predicted octanol–water partition coefficient (Wildman–Crippen LogP) is 2.82. The second-order valence-corrected chi connectivity index (χ2v) is 3.86. The Hall–Kier alpha value is -1.48. The molecule has 4 heteroatoms. The Kier molecular flexibility index (Phi) is 4.86. The highest BCUT2D eigenvalue weighted by molar-refractivity contribution is 6.32. The van der Waals surface area contributed by atoms with E-state index >= 15 is 0 Å². The lowest BCUT2D eigenvalue weighted by Crippen LogP contribution is -2.20. The van der Waals surface area contributed by atoms with Crippen LogP contribution in [0.3, 0.4) is 0 Å². The third-order valence-corrected chi connectivity index (χ3v) is 2.06. The first kappa shape index (κ1) is 12.6. The molecule has 0 bridgehead atoms. The van der Waals surface area contributed by atoms with Crippen molar-refractivity contribution in [3.63, 3.8) is 0 Å². The van der Waals surface area contributed by atoms with E-state index in [-0.39, 0.29) is 5.91 Å². The molecule has 86 valence electrons. The molecule has 0 saturated carbocycles. The number of ether oxygens (including phenoxy) is 1. The molecule has 3 nitrogen and oxygen atoms in total. The summed E-state index contributed by atoms with van der Waals surface area (Å²) in [4.78, 5) is 11.4. The zero-order chi connectivity index (χ0) is 12.0. The lowest BCUT2D eigenvalue weighted by molar-refractivity contribution is -0.115. The number of para-hydroxylation sites is 2. The highest BCUT2D eigenvalue weighted by Gasteiger charge is 2.11. The molecule has 0 aliphatic heterocycles. The van der Waals surface area contributed by atoms with Crippen LogP contribution in [0.5, 0.6) is 5.75 Å². The van der Waals surface area contributed by atoms with E-state index < -0.39 is 5.38 Å². The highest BCUT2D eigenvalue weighted by atomic mass is 35.5. The van der Waals surface area contributed by atoms with Crippen molar-refractivity contribution in [2.45, 2.75) is 12.3 Å². The number of hydrogen-bond acceptors (Lipinski definition) is 2. The molecule has 1 unspecified atom stereocenters. The van der Waals surface area contributed by atoms with Gasteiger partial charge in [-0.05, 0) is 19.1 Å². The van der Waals surface area contributed by atoms with Crippen molar-refractivity contribution >= 4 is 23.2 Å². The number of anilines is 1. The SMILES string of the molecule is C=CCOc1ccccc1NC(=O)C(C)Cl. The summed E-state index contributed by atoms with van der Waals surface area (Å²) in [6, 6.07) is 7.18. The highest BCUT2D eigenvalue weighted by Crippen LogP contribution is 2.24. The number of carbonyl (C=O) groups excluding carboxylic acids is 1. The number of rotatable bonds is 5. The minimum absolute atomic E-state index is 0.253. The summed E-state index contributed by atoms with van der Waals surface area (Å²) >= 11 is 5.67. The Bertz CT molecular complexity index is 377. The van der Waals surface area contributed by atoms with E-state index in [0.29, 0.717) is 18.0 Å². The van der Waals surface area contributed by atoms with Crippen LogP contribution in [0.15, 0.2) is 36.9 Å². The molecule has 1 aromatic carbocycles. The molecular formula is C12H14ClNO2. The first-order valence-corrected chi connectivity index (χ1v) is 5.36. The standard InChI is InChI=1S/C12H14ClNO2/c1-3-8-16-11-7-5-4-6-10(11)14-12(15)9(2)13/h3-7,9H,1,8H2,2H3,(H,14,15). The van der Waals surface area contributed by atoms with Gasteiger partial charge in [-0.1, -0.05) is 24.8 Å². The Morgan fingerprint density at radius 1 is 1.62 bits per heavy atom. The molecule has 1 amide bonds. The summed E-state index contributed by atoms with van der Waals surface area (Å²) in [6.07, 6.45) is 1.64.